The summed E-state index contributed by atoms with van der Waals surface area (Å²) in [5.41, 5.74) is 1.20. The van der Waals surface area contributed by atoms with Crippen molar-refractivity contribution >= 4 is 5.97 Å². The topological polar surface area (TPSA) is 44.8 Å². The SMILES string of the molecule is COc1cc(C2CCC2)cc(OC)c1OC(=O)C1CC1. The highest BCUT2D eigenvalue weighted by Gasteiger charge is 2.33. The van der Waals surface area contributed by atoms with E-state index in [-0.39, 0.29) is 11.9 Å². The molecule has 0 heterocycles. The molecular formula is C16H20O4. The van der Waals surface area contributed by atoms with E-state index >= 15 is 0 Å². The minimum atomic E-state index is -0.182. The molecular weight excluding hydrogens is 256 g/mol. The average Bonchev–Trinajstić information content (AvgIpc) is 3.22. The molecule has 4 heteroatoms. The Balaban J connectivity index is 1.91. The second-order valence-electron chi connectivity index (χ2n) is 5.58. The van der Waals surface area contributed by atoms with Crippen molar-refractivity contribution in [2.24, 2.45) is 5.92 Å². The summed E-state index contributed by atoms with van der Waals surface area (Å²) in [7, 11) is 3.18. The van der Waals surface area contributed by atoms with E-state index < -0.39 is 0 Å². The van der Waals surface area contributed by atoms with Gasteiger partial charge in [-0.05, 0) is 49.3 Å². The standard InChI is InChI=1S/C16H20O4/c1-18-13-8-12(10-4-3-5-10)9-14(19-2)15(13)20-16(17)11-6-7-11/h8-11H,3-7H2,1-2H3. The van der Waals surface area contributed by atoms with E-state index in [9.17, 15) is 4.79 Å². The molecule has 0 N–H and O–H groups in total. The highest BCUT2D eigenvalue weighted by molar-refractivity contribution is 5.79. The van der Waals surface area contributed by atoms with Gasteiger partial charge in [0.25, 0.3) is 0 Å². The number of carbonyl (C=O) groups excluding carboxylic acids is 1. The summed E-state index contributed by atoms with van der Waals surface area (Å²) in [4.78, 5) is 11.9. The van der Waals surface area contributed by atoms with E-state index in [1.54, 1.807) is 14.2 Å². The lowest BCUT2D eigenvalue weighted by molar-refractivity contribution is -0.136. The summed E-state index contributed by atoms with van der Waals surface area (Å²) < 4.78 is 16.3. The minimum Gasteiger partial charge on any atom is -0.493 e. The maximum Gasteiger partial charge on any atom is 0.314 e. The van der Waals surface area contributed by atoms with Crippen molar-refractivity contribution in [2.75, 3.05) is 14.2 Å². The Morgan fingerprint density at radius 2 is 1.65 bits per heavy atom. The molecule has 2 saturated carbocycles. The summed E-state index contributed by atoms with van der Waals surface area (Å²) in [5.74, 6) is 2.02. The van der Waals surface area contributed by atoms with Gasteiger partial charge in [0.1, 0.15) is 0 Å². The molecule has 2 aliphatic carbocycles. The first kappa shape index (κ1) is 13.3. The van der Waals surface area contributed by atoms with Crippen LogP contribution in [0.5, 0.6) is 17.2 Å². The first-order chi connectivity index (χ1) is 9.72. The number of methoxy groups -OCH3 is 2. The van der Waals surface area contributed by atoms with Gasteiger partial charge >= 0.3 is 5.97 Å². The third kappa shape index (κ3) is 2.47. The first-order valence-electron chi connectivity index (χ1n) is 7.20. The minimum absolute atomic E-state index is 0.0516. The second kappa shape index (κ2) is 5.35. The van der Waals surface area contributed by atoms with Gasteiger partial charge in [0.2, 0.25) is 5.75 Å². The van der Waals surface area contributed by atoms with E-state index in [2.05, 4.69) is 0 Å². The van der Waals surface area contributed by atoms with Gasteiger partial charge in [0.05, 0.1) is 20.1 Å². The summed E-state index contributed by atoms with van der Waals surface area (Å²) >= 11 is 0. The van der Waals surface area contributed by atoms with Crippen molar-refractivity contribution < 1.29 is 19.0 Å². The van der Waals surface area contributed by atoms with Gasteiger partial charge in [-0.2, -0.15) is 0 Å². The second-order valence-corrected chi connectivity index (χ2v) is 5.58. The maximum atomic E-state index is 11.9. The Kier molecular flexibility index (Phi) is 3.55. The molecule has 108 valence electrons. The quantitative estimate of drug-likeness (QED) is 0.611. The molecule has 0 spiro atoms. The number of benzene rings is 1. The van der Waals surface area contributed by atoms with E-state index in [4.69, 9.17) is 14.2 Å². The maximum absolute atomic E-state index is 11.9. The molecule has 0 atom stereocenters. The molecule has 0 unspecified atom stereocenters. The van der Waals surface area contributed by atoms with E-state index in [0.29, 0.717) is 23.2 Å². The number of hydrogen-bond acceptors (Lipinski definition) is 4. The Morgan fingerprint density at radius 1 is 1.05 bits per heavy atom. The first-order valence-corrected chi connectivity index (χ1v) is 7.20. The van der Waals surface area contributed by atoms with E-state index in [1.807, 2.05) is 12.1 Å². The molecule has 20 heavy (non-hydrogen) atoms. The third-order valence-electron chi connectivity index (χ3n) is 4.17. The largest absolute Gasteiger partial charge is 0.493 e. The zero-order chi connectivity index (χ0) is 14.1. The van der Waals surface area contributed by atoms with Crippen molar-refractivity contribution in [3.05, 3.63) is 17.7 Å². The van der Waals surface area contributed by atoms with Crippen LogP contribution in [0.25, 0.3) is 0 Å². The summed E-state index contributed by atoms with van der Waals surface area (Å²) in [5, 5.41) is 0. The van der Waals surface area contributed by atoms with Crippen molar-refractivity contribution in [3.63, 3.8) is 0 Å². The van der Waals surface area contributed by atoms with Crippen LogP contribution in [-0.4, -0.2) is 20.2 Å². The van der Waals surface area contributed by atoms with Crippen molar-refractivity contribution in [1.82, 2.24) is 0 Å². The average molecular weight is 276 g/mol. The number of esters is 1. The predicted molar refractivity (Wildman–Crippen MR) is 74.5 cm³/mol. The van der Waals surface area contributed by atoms with Crippen LogP contribution < -0.4 is 14.2 Å². The molecule has 0 amide bonds. The van der Waals surface area contributed by atoms with Crippen molar-refractivity contribution in [1.29, 1.82) is 0 Å². The molecule has 0 radical (unpaired) electrons. The molecule has 3 rings (SSSR count). The van der Waals surface area contributed by atoms with Crippen LogP contribution in [-0.2, 0) is 4.79 Å². The Bertz CT molecular complexity index is 490. The monoisotopic (exact) mass is 276 g/mol. The van der Waals surface area contributed by atoms with Crippen LogP contribution in [0.4, 0.5) is 0 Å². The molecule has 2 aliphatic rings. The summed E-state index contributed by atoms with van der Waals surface area (Å²) in [6.45, 7) is 0. The third-order valence-corrected chi connectivity index (χ3v) is 4.17. The predicted octanol–water partition coefficient (Wildman–Crippen LogP) is 3.29. The normalized spacial score (nSPS) is 18.3. The fourth-order valence-electron chi connectivity index (χ4n) is 2.48. The van der Waals surface area contributed by atoms with Crippen LogP contribution in [0.1, 0.15) is 43.6 Å². The molecule has 4 nitrogen and oxygen atoms in total. The van der Waals surface area contributed by atoms with Crippen LogP contribution in [0.2, 0.25) is 0 Å². The number of hydrogen-bond donors (Lipinski definition) is 0. The molecule has 2 fully saturated rings. The van der Waals surface area contributed by atoms with Gasteiger partial charge < -0.3 is 14.2 Å². The summed E-state index contributed by atoms with van der Waals surface area (Å²) in [6.07, 6.45) is 5.52. The highest BCUT2D eigenvalue weighted by Crippen LogP contribution is 2.45. The lowest BCUT2D eigenvalue weighted by Crippen LogP contribution is -2.13. The van der Waals surface area contributed by atoms with Gasteiger partial charge in [0.15, 0.2) is 11.5 Å². The Labute approximate surface area is 119 Å². The molecule has 0 bridgehead atoms. The van der Waals surface area contributed by atoms with Crippen LogP contribution in [0.3, 0.4) is 0 Å². The number of carbonyl (C=O) groups is 1. The number of ether oxygens (including phenoxy) is 3. The molecule has 1 aromatic rings. The van der Waals surface area contributed by atoms with Crippen LogP contribution >= 0.6 is 0 Å². The van der Waals surface area contributed by atoms with Crippen molar-refractivity contribution in [2.45, 2.75) is 38.0 Å². The van der Waals surface area contributed by atoms with Gasteiger partial charge in [0, 0.05) is 0 Å². The van der Waals surface area contributed by atoms with Gasteiger partial charge in [-0.1, -0.05) is 6.42 Å². The van der Waals surface area contributed by atoms with Crippen LogP contribution in [0, 0.1) is 5.92 Å². The highest BCUT2D eigenvalue weighted by atomic mass is 16.6. The fraction of sp³-hybridized carbons (Fsp3) is 0.562. The van der Waals surface area contributed by atoms with E-state index in [1.165, 1.54) is 24.8 Å². The fourth-order valence-corrected chi connectivity index (χ4v) is 2.48. The Hall–Kier alpha value is -1.71. The smallest absolute Gasteiger partial charge is 0.314 e. The zero-order valence-electron chi connectivity index (χ0n) is 12.0. The zero-order valence-corrected chi connectivity index (χ0v) is 12.0. The van der Waals surface area contributed by atoms with Crippen molar-refractivity contribution in [3.8, 4) is 17.2 Å². The summed E-state index contributed by atoms with van der Waals surface area (Å²) in [6, 6.07) is 3.95. The van der Waals surface area contributed by atoms with E-state index in [0.717, 1.165) is 12.8 Å². The van der Waals surface area contributed by atoms with Gasteiger partial charge in [-0.25, -0.2) is 0 Å². The lowest BCUT2D eigenvalue weighted by atomic mass is 9.80. The molecule has 0 saturated heterocycles. The van der Waals surface area contributed by atoms with Gasteiger partial charge in [-0.3, -0.25) is 4.79 Å². The molecule has 0 aliphatic heterocycles. The molecule has 0 aromatic heterocycles. The lowest BCUT2D eigenvalue weighted by Gasteiger charge is -2.27. The van der Waals surface area contributed by atoms with Gasteiger partial charge in [-0.15, -0.1) is 0 Å². The van der Waals surface area contributed by atoms with Crippen LogP contribution in [0.15, 0.2) is 12.1 Å². The number of rotatable bonds is 5. The Morgan fingerprint density at radius 3 is 2.05 bits per heavy atom. The molecule has 1 aromatic carbocycles.